The van der Waals surface area contributed by atoms with E-state index in [0.29, 0.717) is 5.41 Å². The Kier molecular flexibility index (Phi) is 1.08. The van der Waals surface area contributed by atoms with Crippen LogP contribution >= 0.6 is 0 Å². The van der Waals surface area contributed by atoms with Crippen molar-refractivity contribution in [1.29, 1.82) is 0 Å². The predicted molar refractivity (Wildman–Crippen MR) is 33.1 cm³/mol. The van der Waals surface area contributed by atoms with Crippen molar-refractivity contribution in [1.82, 2.24) is 0 Å². The summed E-state index contributed by atoms with van der Waals surface area (Å²) in [6.07, 6.45) is 3.18. The standard InChI is InChI=1S/C7H12O2/c8-6-5-7(6)1-3-9-4-2-7/h6,8H,1-5H2. The first-order valence-electron chi connectivity index (χ1n) is 3.59. The van der Waals surface area contributed by atoms with Crippen LogP contribution in [0.2, 0.25) is 0 Å². The van der Waals surface area contributed by atoms with Crippen molar-refractivity contribution < 1.29 is 9.84 Å². The van der Waals surface area contributed by atoms with E-state index in [4.69, 9.17) is 4.74 Å². The first-order valence-corrected chi connectivity index (χ1v) is 3.59. The Morgan fingerprint density at radius 2 is 1.89 bits per heavy atom. The number of hydrogen-bond acceptors (Lipinski definition) is 2. The maximum Gasteiger partial charge on any atom is 0.0605 e. The zero-order chi connectivity index (χ0) is 6.32. The van der Waals surface area contributed by atoms with Gasteiger partial charge in [-0.25, -0.2) is 0 Å². The molecule has 1 aliphatic carbocycles. The minimum Gasteiger partial charge on any atom is -0.393 e. The van der Waals surface area contributed by atoms with Crippen LogP contribution in [0.1, 0.15) is 19.3 Å². The molecular weight excluding hydrogens is 116 g/mol. The zero-order valence-corrected chi connectivity index (χ0v) is 5.47. The van der Waals surface area contributed by atoms with Crippen molar-refractivity contribution in [3.05, 3.63) is 0 Å². The van der Waals surface area contributed by atoms with Gasteiger partial charge in [-0.1, -0.05) is 0 Å². The molecule has 1 saturated heterocycles. The predicted octanol–water partition coefficient (Wildman–Crippen LogP) is 0.548. The molecule has 0 amide bonds. The summed E-state index contributed by atoms with van der Waals surface area (Å²) in [4.78, 5) is 0. The zero-order valence-electron chi connectivity index (χ0n) is 5.47. The summed E-state index contributed by atoms with van der Waals surface area (Å²) < 4.78 is 5.18. The van der Waals surface area contributed by atoms with Crippen LogP contribution in [-0.4, -0.2) is 24.4 Å². The average molecular weight is 128 g/mol. The molecule has 1 saturated carbocycles. The summed E-state index contributed by atoms with van der Waals surface area (Å²) in [6.45, 7) is 1.72. The largest absolute Gasteiger partial charge is 0.393 e. The molecule has 0 radical (unpaired) electrons. The van der Waals surface area contributed by atoms with Gasteiger partial charge in [-0.3, -0.25) is 0 Å². The molecule has 0 aromatic carbocycles. The summed E-state index contributed by atoms with van der Waals surface area (Å²) in [6, 6.07) is 0. The molecule has 1 heterocycles. The van der Waals surface area contributed by atoms with Gasteiger partial charge in [-0.05, 0) is 19.3 Å². The first kappa shape index (κ1) is 5.69. The summed E-state index contributed by atoms with van der Waals surface area (Å²) in [5.74, 6) is 0. The van der Waals surface area contributed by atoms with Gasteiger partial charge in [0.15, 0.2) is 0 Å². The molecule has 2 fully saturated rings. The van der Waals surface area contributed by atoms with Crippen LogP contribution in [0.15, 0.2) is 0 Å². The molecule has 2 heteroatoms. The summed E-state index contributed by atoms with van der Waals surface area (Å²) in [5, 5.41) is 9.19. The summed E-state index contributed by atoms with van der Waals surface area (Å²) in [7, 11) is 0. The topological polar surface area (TPSA) is 29.5 Å². The van der Waals surface area contributed by atoms with E-state index in [0.717, 1.165) is 32.5 Å². The van der Waals surface area contributed by atoms with E-state index in [1.807, 2.05) is 0 Å². The van der Waals surface area contributed by atoms with E-state index in [1.54, 1.807) is 0 Å². The van der Waals surface area contributed by atoms with E-state index < -0.39 is 0 Å². The molecular formula is C7H12O2. The molecule has 1 atom stereocenters. The molecule has 1 aliphatic heterocycles. The van der Waals surface area contributed by atoms with Gasteiger partial charge in [0.05, 0.1) is 6.10 Å². The van der Waals surface area contributed by atoms with Gasteiger partial charge in [0, 0.05) is 18.6 Å². The number of rotatable bonds is 0. The van der Waals surface area contributed by atoms with E-state index in [-0.39, 0.29) is 6.10 Å². The van der Waals surface area contributed by atoms with Crippen LogP contribution in [0.5, 0.6) is 0 Å². The quantitative estimate of drug-likeness (QED) is 0.516. The highest BCUT2D eigenvalue weighted by molar-refractivity contribution is 5.03. The van der Waals surface area contributed by atoms with Crippen LogP contribution in [0.4, 0.5) is 0 Å². The number of hydrogen-bond donors (Lipinski definition) is 1. The van der Waals surface area contributed by atoms with Crippen molar-refractivity contribution in [3.63, 3.8) is 0 Å². The lowest BCUT2D eigenvalue weighted by molar-refractivity contribution is 0.0394. The Labute approximate surface area is 54.8 Å². The lowest BCUT2D eigenvalue weighted by Gasteiger charge is -2.20. The second-order valence-electron chi connectivity index (χ2n) is 3.19. The monoisotopic (exact) mass is 128 g/mol. The Morgan fingerprint density at radius 3 is 2.22 bits per heavy atom. The van der Waals surface area contributed by atoms with Crippen LogP contribution in [0.25, 0.3) is 0 Å². The third kappa shape index (κ3) is 0.775. The third-order valence-corrected chi connectivity index (χ3v) is 2.64. The number of aliphatic hydroxyl groups is 1. The molecule has 0 aromatic rings. The molecule has 1 unspecified atom stereocenters. The normalized spacial score (nSPS) is 39.0. The molecule has 2 aliphatic rings. The highest BCUT2D eigenvalue weighted by Gasteiger charge is 2.53. The smallest absolute Gasteiger partial charge is 0.0605 e. The molecule has 9 heavy (non-hydrogen) atoms. The van der Waals surface area contributed by atoms with Crippen LogP contribution in [0.3, 0.4) is 0 Å². The molecule has 52 valence electrons. The minimum absolute atomic E-state index is 0.00130. The van der Waals surface area contributed by atoms with Gasteiger partial charge in [0.2, 0.25) is 0 Å². The van der Waals surface area contributed by atoms with Gasteiger partial charge >= 0.3 is 0 Å². The fraction of sp³-hybridized carbons (Fsp3) is 1.00. The van der Waals surface area contributed by atoms with Crippen LogP contribution < -0.4 is 0 Å². The fourth-order valence-corrected chi connectivity index (χ4v) is 1.64. The van der Waals surface area contributed by atoms with Crippen LogP contribution in [-0.2, 0) is 4.74 Å². The second-order valence-corrected chi connectivity index (χ2v) is 3.19. The Hall–Kier alpha value is -0.0800. The molecule has 2 rings (SSSR count). The Balaban J connectivity index is 1.97. The third-order valence-electron chi connectivity index (χ3n) is 2.64. The van der Waals surface area contributed by atoms with Gasteiger partial charge in [0.1, 0.15) is 0 Å². The highest BCUT2D eigenvalue weighted by Crippen LogP contribution is 2.53. The molecule has 1 N–H and O–H groups in total. The van der Waals surface area contributed by atoms with Crippen LogP contribution in [0, 0.1) is 5.41 Å². The van der Waals surface area contributed by atoms with Crippen molar-refractivity contribution >= 4 is 0 Å². The minimum atomic E-state index is 0.00130. The van der Waals surface area contributed by atoms with Crippen molar-refractivity contribution in [3.8, 4) is 0 Å². The molecule has 1 spiro atoms. The van der Waals surface area contributed by atoms with Gasteiger partial charge in [-0.15, -0.1) is 0 Å². The lowest BCUT2D eigenvalue weighted by Crippen LogP contribution is -2.19. The van der Waals surface area contributed by atoms with Gasteiger partial charge in [-0.2, -0.15) is 0 Å². The molecule has 2 nitrogen and oxygen atoms in total. The lowest BCUT2D eigenvalue weighted by atomic mass is 9.97. The van der Waals surface area contributed by atoms with E-state index in [1.165, 1.54) is 0 Å². The van der Waals surface area contributed by atoms with E-state index in [2.05, 4.69) is 0 Å². The van der Waals surface area contributed by atoms with Gasteiger partial charge < -0.3 is 9.84 Å². The summed E-state index contributed by atoms with van der Waals surface area (Å²) in [5.41, 5.74) is 0.318. The number of aliphatic hydroxyl groups excluding tert-OH is 1. The number of ether oxygens (including phenoxy) is 1. The Bertz CT molecular complexity index is 116. The van der Waals surface area contributed by atoms with E-state index in [9.17, 15) is 5.11 Å². The second kappa shape index (κ2) is 1.70. The van der Waals surface area contributed by atoms with E-state index >= 15 is 0 Å². The Morgan fingerprint density at radius 1 is 1.33 bits per heavy atom. The van der Waals surface area contributed by atoms with Gasteiger partial charge in [0.25, 0.3) is 0 Å². The maximum absolute atomic E-state index is 9.19. The molecule has 0 aromatic heterocycles. The highest BCUT2D eigenvalue weighted by atomic mass is 16.5. The van der Waals surface area contributed by atoms with Crippen molar-refractivity contribution in [2.75, 3.05) is 13.2 Å². The van der Waals surface area contributed by atoms with Crippen molar-refractivity contribution in [2.24, 2.45) is 5.41 Å². The summed E-state index contributed by atoms with van der Waals surface area (Å²) >= 11 is 0. The maximum atomic E-state index is 9.19. The molecule has 0 bridgehead atoms. The average Bonchev–Trinajstić information content (AvgIpc) is 2.44. The van der Waals surface area contributed by atoms with Crippen molar-refractivity contribution in [2.45, 2.75) is 25.4 Å². The first-order chi connectivity index (χ1) is 4.33. The fourth-order valence-electron chi connectivity index (χ4n) is 1.64. The SMILES string of the molecule is OC1CC12CCOCC2.